The van der Waals surface area contributed by atoms with Gasteiger partial charge in [0.2, 0.25) is 0 Å². The van der Waals surface area contributed by atoms with E-state index in [4.69, 9.17) is 9.47 Å². The Balaban J connectivity index is 1.49. The third-order valence-corrected chi connectivity index (χ3v) is 5.50. The van der Waals surface area contributed by atoms with E-state index in [1.165, 1.54) is 0 Å². The van der Waals surface area contributed by atoms with Gasteiger partial charge in [0.25, 0.3) is 5.91 Å². The number of hydrogen-bond donors (Lipinski definition) is 1. The highest BCUT2D eigenvalue weighted by Crippen LogP contribution is 2.35. The molecule has 0 radical (unpaired) electrons. The average Bonchev–Trinajstić information content (AvgIpc) is 3.14. The van der Waals surface area contributed by atoms with Gasteiger partial charge >= 0.3 is 0 Å². The fraction of sp³-hybridized carbons (Fsp3) is 0.524. The number of rotatable bonds is 4. The average molecular weight is 372 g/mol. The maximum Gasteiger partial charge on any atom is 0.265 e. The molecular weight excluding hydrogens is 347 g/mol. The molecule has 144 valence electrons. The van der Waals surface area contributed by atoms with E-state index in [0.29, 0.717) is 43.9 Å². The minimum Gasteiger partial charge on any atom is -0.495 e. The minimum absolute atomic E-state index is 0.0255. The Hall–Kier alpha value is -2.21. The van der Waals surface area contributed by atoms with Crippen LogP contribution in [0.3, 0.4) is 0 Å². The Bertz CT molecular complexity index is 797. The quantitative estimate of drug-likeness (QED) is 0.884. The Morgan fingerprint density at radius 1 is 1.30 bits per heavy atom. The van der Waals surface area contributed by atoms with Crippen molar-refractivity contribution in [2.45, 2.75) is 45.1 Å². The van der Waals surface area contributed by atoms with Crippen molar-refractivity contribution in [3.05, 3.63) is 46.6 Å². The first-order chi connectivity index (χ1) is 13.1. The van der Waals surface area contributed by atoms with Crippen LogP contribution in [0.15, 0.2) is 34.6 Å². The van der Waals surface area contributed by atoms with Gasteiger partial charge in [-0.3, -0.25) is 4.79 Å². The molecule has 27 heavy (non-hydrogen) atoms. The molecule has 3 aliphatic rings. The van der Waals surface area contributed by atoms with Crippen LogP contribution in [-0.2, 0) is 20.7 Å². The normalized spacial score (nSPS) is 22.9. The maximum absolute atomic E-state index is 13.9. The number of nitrogens with one attached hydrogen (secondary N) is 1. The number of carbonyl (C=O) groups excluding carboxylic acids is 1. The fourth-order valence-corrected chi connectivity index (χ4v) is 3.93. The zero-order valence-electron chi connectivity index (χ0n) is 15.6. The van der Waals surface area contributed by atoms with E-state index >= 15 is 0 Å². The molecule has 3 heterocycles. The van der Waals surface area contributed by atoms with Gasteiger partial charge in [-0.15, -0.1) is 0 Å². The zero-order chi connectivity index (χ0) is 18.8. The zero-order valence-corrected chi connectivity index (χ0v) is 15.6. The van der Waals surface area contributed by atoms with Crippen molar-refractivity contribution in [3.8, 4) is 0 Å². The molecule has 4 rings (SSSR count). The van der Waals surface area contributed by atoms with Gasteiger partial charge in [-0.05, 0) is 43.4 Å². The van der Waals surface area contributed by atoms with Crippen LogP contribution in [0.1, 0.15) is 36.8 Å². The summed E-state index contributed by atoms with van der Waals surface area (Å²) in [5.41, 5.74) is 2.98. The molecule has 1 atom stereocenters. The summed E-state index contributed by atoms with van der Waals surface area (Å²) in [6, 6.07) is 5.47. The summed E-state index contributed by atoms with van der Waals surface area (Å²) >= 11 is 0. The second-order valence-electron chi connectivity index (χ2n) is 7.52. The van der Waals surface area contributed by atoms with E-state index in [9.17, 15) is 9.18 Å². The molecule has 1 amide bonds. The van der Waals surface area contributed by atoms with Crippen molar-refractivity contribution in [1.29, 1.82) is 0 Å². The molecule has 1 aromatic carbocycles. The van der Waals surface area contributed by atoms with Gasteiger partial charge in [-0.2, -0.15) is 0 Å². The summed E-state index contributed by atoms with van der Waals surface area (Å²) in [5.74, 6) is 0.604. The standard InChI is InChI=1S/C21H25FN2O3/c1-13-2-3-14(11-17(13)22)10-15-12-19(24-18-6-9-27-20(15)18)21(25)23-16-4-7-26-8-5-16/h2-3,11,15-16H,4-10,12H2,1H3,(H,23,25). The van der Waals surface area contributed by atoms with Gasteiger partial charge in [0.15, 0.2) is 0 Å². The number of halogens is 1. The van der Waals surface area contributed by atoms with Crippen LogP contribution in [0.2, 0.25) is 0 Å². The summed E-state index contributed by atoms with van der Waals surface area (Å²) in [6.45, 7) is 3.72. The number of aryl methyl sites for hydroxylation is 1. The van der Waals surface area contributed by atoms with Crippen LogP contribution < -0.4 is 5.32 Å². The number of hydrogen-bond acceptors (Lipinski definition) is 4. The topological polar surface area (TPSA) is 59.9 Å². The molecule has 5 nitrogen and oxygen atoms in total. The third kappa shape index (κ3) is 4.05. The van der Waals surface area contributed by atoms with Crippen LogP contribution in [0.25, 0.3) is 0 Å². The molecule has 0 aromatic heterocycles. The second-order valence-corrected chi connectivity index (χ2v) is 7.52. The number of amides is 1. The van der Waals surface area contributed by atoms with Crippen LogP contribution in [0, 0.1) is 18.7 Å². The van der Waals surface area contributed by atoms with Crippen molar-refractivity contribution in [1.82, 2.24) is 5.32 Å². The molecule has 1 fully saturated rings. The maximum atomic E-state index is 13.9. The third-order valence-electron chi connectivity index (χ3n) is 5.50. The van der Waals surface area contributed by atoms with Gasteiger partial charge in [0.1, 0.15) is 17.3 Å². The van der Waals surface area contributed by atoms with Crippen molar-refractivity contribution in [2.24, 2.45) is 10.9 Å². The van der Waals surface area contributed by atoms with Crippen LogP contribution >= 0.6 is 0 Å². The second kappa shape index (κ2) is 7.80. The van der Waals surface area contributed by atoms with Gasteiger partial charge in [0, 0.05) is 38.0 Å². The number of aliphatic imine (C=N–C) groups is 1. The molecule has 1 saturated heterocycles. The molecule has 0 saturated carbocycles. The summed E-state index contributed by atoms with van der Waals surface area (Å²) < 4.78 is 25.1. The van der Waals surface area contributed by atoms with Crippen LogP contribution in [0.4, 0.5) is 4.39 Å². The number of carbonyl (C=O) groups is 1. The van der Waals surface area contributed by atoms with Crippen molar-refractivity contribution in [2.75, 3.05) is 19.8 Å². The highest BCUT2D eigenvalue weighted by molar-refractivity contribution is 6.39. The molecule has 0 aliphatic carbocycles. The van der Waals surface area contributed by atoms with Crippen LogP contribution in [-0.4, -0.2) is 37.5 Å². The Kier molecular flexibility index (Phi) is 5.25. The first-order valence-corrected chi connectivity index (χ1v) is 9.67. The predicted molar refractivity (Wildman–Crippen MR) is 100.0 cm³/mol. The lowest BCUT2D eigenvalue weighted by Crippen LogP contribution is -2.43. The highest BCUT2D eigenvalue weighted by Gasteiger charge is 2.33. The Morgan fingerprint density at radius 3 is 2.89 bits per heavy atom. The molecule has 3 aliphatic heterocycles. The molecular formula is C21H25FN2O3. The van der Waals surface area contributed by atoms with E-state index in [1.54, 1.807) is 19.1 Å². The number of allylic oxidation sites excluding steroid dienone is 1. The molecule has 1 unspecified atom stereocenters. The summed E-state index contributed by atoms with van der Waals surface area (Å²) in [7, 11) is 0. The molecule has 1 N–H and O–H groups in total. The van der Waals surface area contributed by atoms with Crippen molar-refractivity contribution >= 4 is 11.6 Å². The fourth-order valence-electron chi connectivity index (χ4n) is 3.93. The van der Waals surface area contributed by atoms with E-state index in [1.807, 2.05) is 6.07 Å². The highest BCUT2D eigenvalue weighted by atomic mass is 19.1. The first kappa shape index (κ1) is 18.2. The minimum atomic E-state index is -0.198. The monoisotopic (exact) mass is 372 g/mol. The van der Waals surface area contributed by atoms with Gasteiger partial charge < -0.3 is 14.8 Å². The molecule has 6 heteroatoms. The van der Waals surface area contributed by atoms with E-state index < -0.39 is 0 Å². The lowest BCUT2D eigenvalue weighted by Gasteiger charge is -2.26. The van der Waals surface area contributed by atoms with E-state index in [2.05, 4.69) is 10.3 Å². The smallest absolute Gasteiger partial charge is 0.265 e. The number of benzene rings is 1. The van der Waals surface area contributed by atoms with Gasteiger partial charge in [-0.1, -0.05) is 12.1 Å². The molecule has 0 spiro atoms. The SMILES string of the molecule is Cc1ccc(CC2CC(C(=O)NC3CCOCC3)=NC3=C2OCC3)cc1F. The summed E-state index contributed by atoms with van der Waals surface area (Å²) in [6.07, 6.45) is 3.55. The van der Waals surface area contributed by atoms with Crippen molar-refractivity contribution in [3.63, 3.8) is 0 Å². The summed E-state index contributed by atoms with van der Waals surface area (Å²) in [5, 5.41) is 3.10. The van der Waals surface area contributed by atoms with Gasteiger partial charge in [0.05, 0.1) is 12.3 Å². The van der Waals surface area contributed by atoms with E-state index in [-0.39, 0.29) is 23.7 Å². The Labute approximate surface area is 158 Å². The first-order valence-electron chi connectivity index (χ1n) is 9.67. The lowest BCUT2D eigenvalue weighted by atomic mass is 9.88. The van der Waals surface area contributed by atoms with Crippen LogP contribution in [0.5, 0.6) is 0 Å². The van der Waals surface area contributed by atoms with Gasteiger partial charge in [-0.25, -0.2) is 9.38 Å². The lowest BCUT2D eigenvalue weighted by molar-refractivity contribution is -0.116. The van der Waals surface area contributed by atoms with E-state index in [0.717, 1.165) is 36.3 Å². The number of nitrogens with zero attached hydrogens (tertiary/aromatic N) is 1. The Morgan fingerprint density at radius 2 is 2.11 bits per heavy atom. The molecule has 0 bridgehead atoms. The molecule has 1 aromatic rings. The predicted octanol–water partition coefficient (Wildman–Crippen LogP) is 3.06. The number of ether oxygens (including phenoxy) is 2. The van der Waals surface area contributed by atoms with Crippen molar-refractivity contribution < 1.29 is 18.7 Å². The summed E-state index contributed by atoms with van der Waals surface area (Å²) in [4.78, 5) is 17.3. The largest absolute Gasteiger partial charge is 0.495 e.